The number of alkyl halides is 2. The molecule has 0 fully saturated rings. The van der Waals surface area contributed by atoms with Gasteiger partial charge in [0, 0.05) is 17.1 Å². The number of ether oxygens (including phenoxy) is 2. The predicted octanol–water partition coefficient (Wildman–Crippen LogP) is 4.26. The van der Waals surface area contributed by atoms with Crippen molar-refractivity contribution < 1.29 is 31.5 Å². The zero-order valence-electron chi connectivity index (χ0n) is 20.9. The van der Waals surface area contributed by atoms with E-state index in [1.54, 1.807) is 43.5 Å². The van der Waals surface area contributed by atoms with Gasteiger partial charge in [0.2, 0.25) is 5.88 Å². The number of aromatic nitrogens is 3. The Bertz CT molecular complexity index is 1660. The van der Waals surface area contributed by atoms with Gasteiger partial charge in [0.15, 0.2) is 9.84 Å². The molecule has 4 heterocycles. The normalized spacial score (nSPS) is 14.6. The summed E-state index contributed by atoms with van der Waals surface area (Å²) in [5, 5.41) is 3.50. The molecule has 0 aliphatic carbocycles. The first-order valence-corrected chi connectivity index (χ1v) is 13.8. The molecule has 1 N–H and O–H groups in total. The van der Waals surface area contributed by atoms with E-state index in [0.717, 1.165) is 5.39 Å². The van der Waals surface area contributed by atoms with Gasteiger partial charge in [-0.25, -0.2) is 27.2 Å². The van der Waals surface area contributed by atoms with E-state index in [4.69, 9.17) is 9.47 Å². The molecule has 12 heteroatoms. The molecule has 39 heavy (non-hydrogen) atoms. The number of carbonyl (C=O) groups is 1. The summed E-state index contributed by atoms with van der Waals surface area (Å²) in [7, 11) is -3.54. The fraction of sp³-hybridized carbons (Fsp3) is 0.259. The molecule has 0 spiro atoms. The lowest BCUT2D eigenvalue weighted by atomic mass is 10.1. The Hall–Kier alpha value is -4.03. The zero-order valence-corrected chi connectivity index (χ0v) is 21.7. The van der Waals surface area contributed by atoms with Crippen molar-refractivity contribution in [1.29, 1.82) is 0 Å². The molecular formula is C27H24F2N4O5S. The maximum atomic E-state index is 13.3. The fourth-order valence-corrected chi connectivity index (χ4v) is 5.54. The van der Waals surface area contributed by atoms with Crippen LogP contribution >= 0.6 is 0 Å². The average Bonchev–Trinajstić information content (AvgIpc) is 3.08. The van der Waals surface area contributed by atoms with Gasteiger partial charge >= 0.3 is 0 Å². The minimum absolute atomic E-state index is 0.0729. The SMILES string of the molecule is CCOc1nc(-c2ccc3cnc(CNC(=O)c4ccc5c(c4)S(=O)(=O)CCOC5)cc3n2)ccc1C(F)F. The highest BCUT2D eigenvalue weighted by atomic mass is 32.2. The van der Waals surface area contributed by atoms with Gasteiger partial charge in [-0.2, -0.15) is 0 Å². The number of halogens is 2. The molecule has 9 nitrogen and oxygen atoms in total. The summed E-state index contributed by atoms with van der Waals surface area (Å²) >= 11 is 0. The first-order chi connectivity index (χ1) is 18.7. The molecule has 0 saturated carbocycles. The smallest absolute Gasteiger partial charge is 0.269 e. The third kappa shape index (κ3) is 5.71. The summed E-state index contributed by atoms with van der Waals surface area (Å²) in [6, 6.07) is 12.5. The van der Waals surface area contributed by atoms with Crippen LogP contribution in [0.1, 0.15) is 40.5 Å². The molecule has 0 bridgehead atoms. The molecule has 202 valence electrons. The molecule has 1 aliphatic rings. The van der Waals surface area contributed by atoms with Crippen molar-refractivity contribution in [2.45, 2.75) is 31.4 Å². The highest BCUT2D eigenvalue weighted by Gasteiger charge is 2.24. The number of pyridine rings is 3. The maximum Gasteiger partial charge on any atom is 0.269 e. The van der Waals surface area contributed by atoms with Crippen molar-refractivity contribution in [1.82, 2.24) is 20.3 Å². The van der Waals surface area contributed by atoms with Crippen molar-refractivity contribution in [2.75, 3.05) is 19.0 Å². The first kappa shape index (κ1) is 26.6. The van der Waals surface area contributed by atoms with E-state index in [0.29, 0.717) is 28.2 Å². The number of rotatable bonds is 7. The van der Waals surface area contributed by atoms with E-state index in [9.17, 15) is 22.0 Å². The number of amides is 1. The summed E-state index contributed by atoms with van der Waals surface area (Å²) in [6.07, 6.45) is -1.10. The molecule has 0 saturated heterocycles. The van der Waals surface area contributed by atoms with Gasteiger partial charge < -0.3 is 14.8 Å². The van der Waals surface area contributed by atoms with E-state index in [-0.39, 0.29) is 54.0 Å². The number of benzene rings is 1. The topological polar surface area (TPSA) is 120 Å². The van der Waals surface area contributed by atoms with Crippen LogP contribution in [0.3, 0.4) is 0 Å². The van der Waals surface area contributed by atoms with Crippen LogP contribution in [-0.4, -0.2) is 48.2 Å². The number of fused-ring (bicyclic) bond motifs is 2. The number of nitrogens with one attached hydrogen (secondary N) is 1. The Morgan fingerprint density at radius 2 is 1.90 bits per heavy atom. The second kappa shape index (κ2) is 11.0. The van der Waals surface area contributed by atoms with Crippen molar-refractivity contribution in [3.05, 3.63) is 77.1 Å². The molecule has 0 atom stereocenters. The van der Waals surface area contributed by atoms with Crippen LogP contribution in [-0.2, 0) is 27.7 Å². The Morgan fingerprint density at radius 3 is 2.69 bits per heavy atom. The lowest BCUT2D eigenvalue weighted by Crippen LogP contribution is -2.23. The number of sulfone groups is 1. The minimum atomic E-state index is -3.54. The van der Waals surface area contributed by atoms with Crippen LogP contribution in [0.25, 0.3) is 22.3 Å². The van der Waals surface area contributed by atoms with Crippen molar-refractivity contribution in [3.63, 3.8) is 0 Å². The Morgan fingerprint density at radius 1 is 1.10 bits per heavy atom. The highest BCUT2D eigenvalue weighted by molar-refractivity contribution is 7.91. The fourth-order valence-electron chi connectivity index (χ4n) is 4.15. The highest BCUT2D eigenvalue weighted by Crippen LogP contribution is 2.30. The lowest BCUT2D eigenvalue weighted by Gasteiger charge is -2.11. The molecular weight excluding hydrogens is 530 g/mol. The van der Waals surface area contributed by atoms with Gasteiger partial charge in [-0.05, 0) is 55.0 Å². The van der Waals surface area contributed by atoms with Crippen LogP contribution in [0.2, 0.25) is 0 Å². The molecule has 3 aromatic heterocycles. The Balaban J connectivity index is 1.36. The number of hydrogen-bond donors (Lipinski definition) is 1. The van der Waals surface area contributed by atoms with Gasteiger partial charge in [-0.15, -0.1) is 0 Å². The lowest BCUT2D eigenvalue weighted by molar-refractivity contribution is 0.0949. The van der Waals surface area contributed by atoms with Crippen LogP contribution in [0.15, 0.2) is 59.6 Å². The van der Waals surface area contributed by atoms with Crippen LogP contribution < -0.4 is 10.1 Å². The number of carbonyl (C=O) groups excluding carboxylic acids is 1. The van der Waals surface area contributed by atoms with Crippen molar-refractivity contribution >= 4 is 26.6 Å². The first-order valence-electron chi connectivity index (χ1n) is 12.1. The van der Waals surface area contributed by atoms with Crippen LogP contribution in [0, 0.1) is 0 Å². The quantitative estimate of drug-likeness (QED) is 0.360. The van der Waals surface area contributed by atoms with Gasteiger partial charge in [0.1, 0.15) is 0 Å². The summed E-state index contributed by atoms with van der Waals surface area (Å²) in [4.78, 5) is 26.1. The van der Waals surface area contributed by atoms with E-state index in [2.05, 4.69) is 20.3 Å². The van der Waals surface area contributed by atoms with E-state index >= 15 is 0 Å². The molecule has 1 aromatic carbocycles. The van der Waals surface area contributed by atoms with Crippen LogP contribution in [0.4, 0.5) is 8.78 Å². The molecule has 1 aliphatic heterocycles. The van der Waals surface area contributed by atoms with E-state index in [1.807, 2.05) is 0 Å². The maximum absolute atomic E-state index is 13.3. The third-order valence-corrected chi connectivity index (χ3v) is 7.90. The zero-order chi connectivity index (χ0) is 27.6. The summed E-state index contributed by atoms with van der Waals surface area (Å²) in [5.74, 6) is -0.725. The number of hydrogen-bond acceptors (Lipinski definition) is 8. The minimum Gasteiger partial charge on any atom is -0.478 e. The molecule has 0 unspecified atom stereocenters. The largest absolute Gasteiger partial charge is 0.478 e. The van der Waals surface area contributed by atoms with Gasteiger partial charge in [-0.3, -0.25) is 9.78 Å². The second-order valence-corrected chi connectivity index (χ2v) is 10.8. The summed E-state index contributed by atoms with van der Waals surface area (Å²) < 4.78 is 62.3. The predicted molar refractivity (Wildman–Crippen MR) is 138 cm³/mol. The van der Waals surface area contributed by atoms with Gasteiger partial charge in [-0.1, -0.05) is 6.07 Å². The molecule has 0 radical (unpaired) electrons. The van der Waals surface area contributed by atoms with E-state index in [1.165, 1.54) is 18.2 Å². The molecule has 5 rings (SSSR count). The van der Waals surface area contributed by atoms with Crippen molar-refractivity contribution in [2.24, 2.45) is 0 Å². The summed E-state index contributed by atoms with van der Waals surface area (Å²) in [5.41, 5.74) is 2.37. The molecule has 1 amide bonds. The average molecular weight is 555 g/mol. The summed E-state index contributed by atoms with van der Waals surface area (Å²) in [6.45, 7) is 2.23. The van der Waals surface area contributed by atoms with Crippen molar-refractivity contribution in [3.8, 4) is 17.3 Å². The van der Waals surface area contributed by atoms with Gasteiger partial charge in [0.05, 0.1) is 65.2 Å². The monoisotopic (exact) mass is 554 g/mol. The standard InChI is InChI=1S/C27H24F2N4O5S/c1-2-38-27-20(25(28)29)6-8-22(33-27)21-7-5-17-13-30-19(12-23(17)32-21)14-31-26(34)16-3-4-18-15-37-9-10-39(35,36)24(18)11-16/h3-8,11-13,25H,2,9-10,14-15H2,1H3,(H,31,34). The second-order valence-electron chi connectivity index (χ2n) is 8.77. The Kier molecular flexibility index (Phi) is 7.49. The third-order valence-electron chi connectivity index (χ3n) is 6.15. The van der Waals surface area contributed by atoms with E-state index < -0.39 is 22.2 Å². The molecule has 4 aromatic rings. The van der Waals surface area contributed by atoms with Gasteiger partial charge in [0.25, 0.3) is 12.3 Å². The Labute approximate surface area is 223 Å². The number of nitrogens with zero attached hydrogens (tertiary/aromatic N) is 3. The van der Waals surface area contributed by atoms with Crippen LogP contribution in [0.5, 0.6) is 5.88 Å².